The third-order valence-electron chi connectivity index (χ3n) is 2.91. The predicted octanol–water partition coefficient (Wildman–Crippen LogP) is 1.94. The molecule has 0 radical (unpaired) electrons. The summed E-state index contributed by atoms with van der Waals surface area (Å²) in [5, 5.41) is 12.3. The number of amides is 1. The number of anilines is 1. The van der Waals surface area contributed by atoms with Crippen LogP contribution < -0.4 is 5.32 Å². The van der Waals surface area contributed by atoms with Crippen molar-refractivity contribution in [2.24, 2.45) is 0 Å². The Kier molecular flexibility index (Phi) is 4.82. The number of rotatable bonds is 5. The maximum Gasteiger partial charge on any atom is 0.284 e. The van der Waals surface area contributed by atoms with E-state index in [0.717, 1.165) is 36.0 Å². The summed E-state index contributed by atoms with van der Waals surface area (Å²) in [6.07, 6.45) is 2.11. The summed E-state index contributed by atoms with van der Waals surface area (Å²) in [4.78, 5) is 14.0. The van der Waals surface area contributed by atoms with E-state index in [0.29, 0.717) is 11.0 Å². The van der Waals surface area contributed by atoms with Gasteiger partial charge in [0.2, 0.25) is 10.1 Å². The second-order valence-electron chi connectivity index (χ2n) is 4.27. The Bertz CT molecular complexity index is 404. The van der Waals surface area contributed by atoms with Gasteiger partial charge >= 0.3 is 0 Å². The molecular formula is C11H18N4OS2. The first kappa shape index (κ1) is 13.6. The molecule has 2 rings (SSSR count). The molecule has 1 aliphatic heterocycles. The monoisotopic (exact) mass is 286 g/mol. The van der Waals surface area contributed by atoms with E-state index >= 15 is 0 Å². The van der Waals surface area contributed by atoms with E-state index in [1.54, 1.807) is 0 Å². The molecule has 1 N–H and O–H groups in total. The van der Waals surface area contributed by atoms with Gasteiger partial charge in [-0.15, -0.1) is 10.2 Å². The lowest BCUT2D eigenvalue weighted by Crippen LogP contribution is -2.36. The number of thioether (sulfide) groups is 1. The molecule has 1 atom stereocenters. The molecule has 1 saturated heterocycles. The molecule has 0 bridgehead atoms. The van der Waals surface area contributed by atoms with Crippen LogP contribution in [-0.4, -0.2) is 52.1 Å². The van der Waals surface area contributed by atoms with Crippen LogP contribution >= 0.6 is 23.1 Å². The minimum atomic E-state index is -0.00968. The number of hydrogen-bond acceptors (Lipinski definition) is 6. The molecule has 0 saturated carbocycles. The highest BCUT2D eigenvalue weighted by molar-refractivity contribution is 7.99. The first-order valence-electron chi connectivity index (χ1n) is 6.14. The number of carbonyl (C=O) groups is 1. The Labute approximate surface area is 115 Å². The molecule has 1 aromatic rings. The van der Waals surface area contributed by atoms with Gasteiger partial charge in [0, 0.05) is 25.4 Å². The lowest BCUT2D eigenvalue weighted by Gasteiger charge is -2.22. The Morgan fingerprint density at radius 1 is 1.56 bits per heavy atom. The normalized spacial score (nSPS) is 18.9. The van der Waals surface area contributed by atoms with Crippen LogP contribution in [-0.2, 0) is 0 Å². The minimum Gasteiger partial charge on any atom is -0.360 e. The van der Waals surface area contributed by atoms with E-state index in [1.165, 1.54) is 11.3 Å². The molecule has 2 heterocycles. The van der Waals surface area contributed by atoms with Gasteiger partial charge in [-0.1, -0.05) is 18.3 Å². The van der Waals surface area contributed by atoms with E-state index in [2.05, 4.69) is 22.4 Å². The van der Waals surface area contributed by atoms with Crippen molar-refractivity contribution in [3.8, 4) is 0 Å². The summed E-state index contributed by atoms with van der Waals surface area (Å²) in [5.74, 6) is 2.16. The second kappa shape index (κ2) is 6.38. The van der Waals surface area contributed by atoms with Gasteiger partial charge in [0.25, 0.3) is 5.91 Å². The van der Waals surface area contributed by atoms with Gasteiger partial charge in [-0.25, -0.2) is 0 Å². The molecule has 1 amide bonds. The van der Waals surface area contributed by atoms with Crippen LogP contribution in [0.4, 0.5) is 5.13 Å². The quantitative estimate of drug-likeness (QED) is 0.896. The summed E-state index contributed by atoms with van der Waals surface area (Å²) >= 11 is 3.24. The Morgan fingerprint density at radius 3 is 3.06 bits per heavy atom. The third kappa shape index (κ3) is 3.14. The van der Waals surface area contributed by atoms with Crippen LogP contribution in [0.5, 0.6) is 0 Å². The topological polar surface area (TPSA) is 58.1 Å². The molecule has 1 fully saturated rings. The van der Waals surface area contributed by atoms with Crippen molar-refractivity contribution in [2.75, 3.05) is 30.4 Å². The van der Waals surface area contributed by atoms with Crippen molar-refractivity contribution >= 4 is 34.1 Å². The number of nitrogens with zero attached hydrogens (tertiary/aromatic N) is 3. The van der Waals surface area contributed by atoms with Crippen LogP contribution in [0.15, 0.2) is 0 Å². The highest BCUT2D eigenvalue weighted by atomic mass is 32.2. The van der Waals surface area contributed by atoms with Gasteiger partial charge in [-0.05, 0) is 18.6 Å². The van der Waals surface area contributed by atoms with Gasteiger partial charge < -0.3 is 10.2 Å². The molecule has 0 spiro atoms. The smallest absolute Gasteiger partial charge is 0.284 e. The average Bonchev–Trinajstić information content (AvgIpc) is 3.05. The number of hydrogen-bond donors (Lipinski definition) is 1. The zero-order valence-electron chi connectivity index (χ0n) is 10.7. The fourth-order valence-corrected chi connectivity index (χ4v) is 3.78. The van der Waals surface area contributed by atoms with Gasteiger partial charge in [0.05, 0.1) is 0 Å². The molecule has 1 unspecified atom stereocenters. The number of aromatic nitrogens is 2. The van der Waals surface area contributed by atoms with Crippen molar-refractivity contribution in [2.45, 2.75) is 25.8 Å². The summed E-state index contributed by atoms with van der Waals surface area (Å²) in [7, 11) is 1.86. The SMILES string of the molecule is CCCNc1nnc(C(=O)N(C)C2CCSC2)s1. The molecule has 1 aliphatic rings. The zero-order valence-corrected chi connectivity index (χ0v) is 12.3. The summed E-state index contributed by atoms with van der Waals surface area (Å²) in [6, 6.07) is 0.346. The highest BCUT2D eigenvalue weighted by Gasteiger charge is 2.26. The second-order valence-corrected chi connectivity index (χ2v) is 6.40. The number of nitrogens with one attached hydrogen (secondary N) is 1. The van der Waals surface area contributed by atoms with Crippen LogP contribution in [0.2, 0.25) is 0 Å². The molecule has 7 heteroatoms. The predicted molar refractivity (Wildman–Crippen MR) is 76.5 cm³/mol. The highest BCUT2D eigenvalue weighted by Crippen LogP contribution is 2.24. The first-order valence-corrected chi connectivity index (χ1v) is 8.11. The summed E-state index contributed by atoms with van der Waals surface area (Å²) in [5.41, 5.74) is 0. The standard InChI is InChI=1S/C11H18N4OS2/c1-3-5-12-11-14-13-9(18-11)10(16)15(2)8-4-6-17-7-8/h8H,3-7H2,1-2H3,(H,12,14). The Hall–Kier alpha value is -0.820. The van der Waals surface area contributed by atoms with E-state index in [1.807, 2.05) is 23.7 Å². The number of carbonyl (C=O) groups excluding carboxylic acids is 1. The van der Waals surface area contributed by atoms with Crippen molar-refractivity contribution < 1.29 is 4.79 Å². The fourth-order valence-electron chi connectivity index (χ4n) is 1.76. The van der Waals surface area contributed by atoms with Gasteiger partial charge in [-0.3, -0.25) is 4.79 Å². The lowest BCUT2D eigenvalue weighted by molar-refractivity contribution is 0.0746. The van der Waals surface area contributed by atoms with Crippen molar-refractivity contribution in [1.29, 1.82) is 0 Å². The van der Waals surface area contributed by atoms with Crippen LogP contribution in [0.25, 0.3) is 0 Å². The lowest BCUT2D eigenvalue weighted by atomic mass is 10.2. The van der Waals surface area contributed by atoms with Crippen molar-refractivity contribution in [1.82, 2.24) is 15.1 Å². The molecule has 1 aromatic heterocycles. The fraction of sp³-hybridized carbons (Fsp3) is 0.727. The Balaban J connectivity index is 1.97. The molecule has 100 valence electrons. The van der Waals surface area contributed by atoms with Gasteiger partial charge in [0.15, 0.2) is 0 Å². The molecule has 18 heavy (non-hydrogen) atoms. The Morgan fingerprint density at radius 2 is 2.39 bits per heavy atom. The van der Waals surface area contributed by atoms with E-state index in [9.17, 15) is 4.79 Å². The first-order chi connectivity index (χ1) is 8.72. The van der Waals surface area contributed by atoms with Gasteiger partial charge in [-0.2, -0.15) is 11.8 Å². The maximum atomic E-state index is 12.2. The molecule has 0 aliphatic carbocycles. The maximum absolute atomic E-state index is 12.2. The molecular weight excluding hydrogens is 268 g/mol. The van der Waals surface area contributed by atoms with E-state index < -0.39 is 0 Å². The van der Waals surface area contributed by atoms with E-state index in [-0.39, 0.29) is 5.91 Å². The zero-order chi connectivity index (χ0) is 13.0. The van der Waals surface area contributed by atoms with Crippen molar-refractivity contribution in [3.63, 3.8) is 0 Å². The van der Waals surface area contributed by atoms with Gasteiger partial charge in [0.1, 0.15) is 0 Å². The molecule has 5 nitrogen and oxygen atoms in total. The largest absolute Gasteiger partial charge is 0.360 e. The van der Waals surface area contributed by atoms with Crippen molar-refractivity contribution in [3.05, 3.63) is 5.01 Å². The third-order valence-corrected chi connectivity index (χ3v) is 4.92. The van der Waals surface area contributed by atoms with Crippen LogP contribution in [0, 0.1) is 0 Å². The van der Waals surface area contributed by atoms with Crippen LogP contribution in [0.1, 0.15) is 29.6 Å². The average molecular weight is 286 g/mol. The summed E-state index contributed by atoms with van der Waals surface area (Å²) in [6.45, 7) is 2.95. The van der Waals surface area contributed by atoms with E-state index in [4.69, 9.17) is 0 Å². The molecule has 0 aromatic carbocycles. The van der Waals surface area contributed by atoms with Crippen LogP contribution in [0.3, 0.4) is 0 Å². The summed E-state index contributed by atoms with van der Waals surface area (Å²) < 4.78 is 0. The minimum absolute atomic E-state index is 0.00968.